The van der Waals surface area contributed by atoms with Gasteiger partial charge < -0.3 is 18.9 Å². The van der Waals surface area contributed by atoms with Gasteiger partial charge in [-0.3, -0.25) is 10.1 Å². The Bertz CT molecular complexity index is 762. The Kier molecular flexibility index (Phi) is 2.42. The lowest BCUT2D eigenvalue weighted by Crippen LogP contribution is -2.27. The predicted molar refractivity (Wildman–Crippen MR) is 67.8 cm³/mol. The van der Waals surface area contributed by atoms with E-state index in [1.165, 1.54) is 0 Å². The molecule has 0 unspecified atom stereocenters. The van der Waals surface area contributed by atoms with Crippen molar-refractivity contribution in [2.45, 2.75) is 18.8 Å². The van der Waals surface area contributed by atoms with Crippen LogP contribution in [0.2, 0.25) is 0 Å². The molecule has 8 heteroatoms. The second-order valence-corrected chi connectivity index (χ2v) is 4.32. The number of carbonyl (C=O) groups is 1. The number of ether oxygens (including phenoxy) is 4. The Hall–Kier alpha value is -2.19. The number of fused-ring (bicyclic) bond motifs is 1. The van der Waals surface area contributed by atoms with Crippen LogP contribution < -0.4 is 4.74 Å². The molecule has 8 nitrogen and oxygen atoms in total. The van der Waals surface area contributed by atoms with Crippen LogP contribution >= 0.6 is 0 Å². The Balaban J connectivity index is 1.79. The van der Waals surface area contributed by atoms with Gasteiger partial charge in [0.05, 0.1) is 30.9 Å². The van der Waals surface area contributed by atoms with Crippen molar-refractivity contribution in [3.8, 4) is 5.75 Å². The van der Waals surface area contributed by atoms with Crippen molar-refractivity contribution in [2.24, 2.45) is 5.92 Å². The van der Waals surface area contributed by atoms with Gasteiger partial charge in [-0.15, -0.1) is 0 Å². The van der Waals surface area contributed by atoms with Crippen molar-refractivity contribution >= 4 is 11.8 Å². The van der Waals surface area contributed by atoms with E-state index in [0.29, 0.717) is 6.42 Å². The third kappa shape index (κ3) is 2.96. The van der Waals surface area contributed by atoms with Crippen LogP contribution in [0.1, 0.15) is 13.3 Å². The average Bonchev–Trinajstić information content (AvgIpc) is 3.08. The van der Waals surface area contributed by atoms with Crippen LogP contribution in [0.25, 0.3) is 0 Å². The third-order valence-corrected chi connectivity index (χ3v) is 3.02. The van der Waals surface area contributed by atoms with Crippen LogP contribution in [-0.4, -0.2) is 36.7 Å². The van der Waals surface area contributed by atoms with Crippen molar-refractivity contribution in [1.82, 2.24) is 0 Å². The first-order valence-electron chi connectivity index (χ1n) is 8.57. The Morgan fingerprint density at radius 3 is 2.90 bits per heavy atom. The number of nitro groups is 1. The fourth-order valence-electron chi connectivity index (χ4n) is 2.06. The first-order valence-corrected chi connectivity index (χ1v) is 6.07. The van der Waals surface area contributed by atoms with E-state index in [0.717, 1.165) is 0 Å². The SMILES string of the molecule is [2H]c1c([2H])c([N+](=O)[O-])c([2H])c([2H])c1OC(=O)O[C@H]1CO[C@@]2([2H])OCC[C@@H]12. The Labute approximate surface area is 126 Å². The summed E-state index contributed by atoms with van der Waals surface area (Å²) >= 11 is 0. The molecule has 1 aromatic rings. The molecule has 112 valence electrons. The van der Waals surface area contributed by atoms with E-state index in [2.05, 4.69) is 0 Å². The minimum Gasteiger partial charge on any atom is -0.428 e. The molecule has 0 amide bonds. The van der Waals surface area contributed by atoms with Crippen LogP contribution in [0.5, 0.6) is 5.75 Å². The van der Waals surface area contributed by atoms with Crippen molar-refractivity contribution < 1.29 is 35.5 Å². The van der Waals surface area contributed by atoms with Gasteiger partial charge in [0.15, 0.2) is 6.27 Å². The summed E-state index contributed by atoms with van der Waals surface area (Å²) in [7, 11) is 0. The zero-order valence-corrected chi connectivity index (χ0v) is 10.6. The number of hydrogen-bond acceptors (Lipinski definition) is 7. The lowest BCUT2D eigenvalue weighted by molar-refractivity contribution is -0.384. The smallest absolute Gasteiger partial charge is 0.428 e. The van der Waals surface area contributed by atoms with Gasteiger partial charge in [0, 0.05) is 12.1 Å². The van der Waals surface area contributed by atoms with Crippen molar-refractivity contribution in [2.75, 3.05) is 13.2 Å². The summed E-state index contributed by atoms with van der Waals surface area (Å²) in [5.74, 6) is -1.31. The van der Waals surface area contributed by atoms with Gasteiger partial charge in [0.1, 0.15) is 11.9 Å². The standard InChI is InChI=1S/C13H13NO7/c15-13(20-9-3-1-8(2-4-9)14(16)17)21-11-7-19-12-10(11)5-6-18-12/h1-4,10-12H,5-7H2/t10-,11-,12+/m0/s1/i1D,2D,3D,4D,12D. The van der Waals surface area contributed by atoms with E-state index in [1.54, 1.807) is 0 Å². The fraction of sp³-hybridized carbons (Fsp3) is 0.462. The van der Waals surface area contributed by atoms with Crippen LogP contribution in [-0.2, 0) is 14.2 Å². The summed E-state index contributed by atoms with van der Waals surface area (Å²) in [5, 5.41) is 10.9. The first kappa shape index (κ1) is 8.96. The van der Waals surface area contributed by atoms with Crippen molar-refractivity contribution in [3.05, 3.63) is 34.3 Å². The lowest BCUT2D eigenvalue weighted by atomic mass is 10.0. The molecule has 2 fully saturated rings. The van der Waals surface area contributed by atoms with Gasteiger partial charge in [-0.2, -0.15) is 0 Å². The van der Waals surface area contributed by atoms with Crippen LogP contribution in [0.3, 0.4) is 0 Å². The summed E-state index contributed by atoms with van der Waals surface area (Å²) in [4.78, 5) is 21.8. The van der Waals surface area contributed by atoms with E-state index in [-0.39, 0.29) is 13.2 Å². The second kappa shape index (κ2) is 5.66. The molecule has 1 aromatic carbocycles. The largest absolute Gasteiger partial charge is 0.514 e. The number of rotatable bonds is 3. The highest BCUT2D eigenvalue weighted by Gasteiger charge is 2.44. The quantitative estimate of drug-likeness (QED) is 0.364. The predicted octanol–water partition coefficient (Wildman–Crippen LogP) is 1.87. The number of nitro benzene ring substituents is 1. The van der Waals surface area contributed by atoms with Crippen LogP contribution in [0.4, 0.5) is 10.5 Å². The summed E-state index contributed by atoms with van der Waals surface area (Å²) in [6.07, 6.45) is -3.33. The first-order chi connectivity index (χ1) is 12.2. The molecule has 2 aliphatic rings. The van der Waals surface area contributed by atoms with Gasteiger partial charge in [-0.25, -0.2) is 4.79 Å². The molecule has 0 bridgehead atoms. The molecule has 2 aliphatic heterocycles. The summed E-state index contributed by atoms with van der Waals surface area (Å²) in [6, 6.07) is -3.65. The molecule has 0 saturated carbocycles. The Morgan fingerprint density at radius 1 is 1.43 bits per heavy atom. The summed E-state index contributed by atoms with van der Waals surface area (Å²) in [5.41, 5.74) is -1.02. The van der Waals surface area contributed by atoms with E-state index in [1.807, 2.05) is 0 Å². The highest BCUT2D eigenvalue weighted by molar-refractivity contribution is 5.64. The Morgan fingerprint density at radius 2 is 2.19 bits per heavy atom. The molecule has 0 aromatic heterocycles. The molecule has 0 spiro atoms. The van der Waals surface area contributed by atoms with E-state index >= 15 is 0 Å². The number of hydrogen-bond donors (Lipinski definition) is 0. The summed E-state index contributed by atoms with van der Waals surface area (Å²) in [6.45, 7) is 0.169. The minimum absolute atomic E-state index is 0.0988. The van der Waals surface area contributed by atoms with E-state index < -0.39 is 65.0 Å². The van der Waals surface area contributed by atoms with Crippen LogP contribution in [0, 0.1) is 16.0 Å². The molecule has 21 heavy (non-hydrogen) atoms. The molecular formula is C13H13NO7. The van der Waals surface area contributed by atoms with Gasteiger partial charge >= 0.3 is 6.16 Å². The summed E-state index contributed by atoms with van der Waals surface area (Å²) < 4.78 is 58.6. The second-order valence-electron chi connectivity index (χ2n) is 4.32. The molecular weight excluding hydrogens is 282 g/mol. The zero-order chi connectivity index (χ0) is 19.2. The number of carbonyl (C=O) groups excluding carboxylic acids is 1. The minimum atomic E-state index is -1.60. The van der Waals surface area contributed by atoms with Crippen molar-refractivity contribution in [1.29, 1.82) is 0 Å². The van der Waals surface area contributed by atoms with Crippen LogP contribution in [0.15, 0.2) is 24.2 Å². The van der Waals surface area contributed by atoms with Gasteiger partial charge in [-0.05, 0) is 18.5 Å². The van der Waals surface area contributed by atoms with Gasteiger partial charge in [0.2, 0.25) is 0 Å². The maximum absolute atomic E-state index is 12.0. The fourth-order valence-corrected chi connectivity index (χ4v) is 2.06. The number of nitrogens with zero attached hydrogens (tertiary/aromatic N) is 1. The van der Waals surface area contributed by atoms with Gasteiger partial charge in [-0.1, -0.05) is 0 Å². The van der Waals surface area contributed by atoms with E-state index in [9.17, 15) is 14.9 Å². The highest BCUT2D eigenvalue weighted by atomic mass is 16.8. The maximum atomic E-state index is 12.0. The highest BCUT2D eigenvalue weighted by Crippen LogP contribution is 2.33. The number of benzene rings is 1. The zero-order valence-electron chi connectivity index (χ0n) is 15.6. The molecule has 2 saturated heterocycles. The third-order valence-electron chi connectivity index (χ3n) is 3.02. The molecule has 0 aliphatic carbocycles. The topological polar surface area (TPSA) is 97.1 Å². The maximum Gasteiger partial charge on any atom is 0.514 e. The van der Waals surface area contributed by atoms with E-state index in [4.69, 9.17) is 25.8 Å². The molecule has 3 atom stereocenters. The normalized spacial score (nSPS) is 34.0. The molecule has 2 heterocycles. The van der Waals surface area contributed by atoms with Crippen molar-refractivity contribution in [3.63, 3.8) is 0 Å². The lowest BCUT2D eigenvalue weighted by Gasteiger charge is -2.15. The molecule has 3 rings (SSSR count). The molecule has 0 N–H and O–H groups in total. The monoisotopic (exact) mass is 300 g/mol. The van der Waals surface area contributed by atoms with Gasteiger partial charge in [0.25, 0.3) is 5.69 Å². The molecule has 0 radical (unpaired) electrons. The average molecular weight is 300 g/mol.